The van der Waals surface area contributed by atoms with Crippen molar-refractivity contribution in [2.24, 2.45) is 0 Å². The molecule has 0 aliphatic heterocycles. The number of carbonyl (C=O) groups is 1. The van der Waals surface area contributed by atoms with Crippen LogP contribution in [0.4, 0.5) is 5.69 Å². The Hall–Kier alpha value is -3.06. The van der Waals surface area contributed by atoms with Gasteiger partial charge in [-0.3, -0.25) is 4.79 Å². The second-order valence-electron chi connectivity index (χ2n) is 5.97. The zero-order valence-corrected chi connectivity index (χ0v) is 16.7. The van der Waals surface area contributed by atoms with Crippen molar-refractivity contribution in [1.29, 1.82) is 0 Å². The number of anilines is 1. The highest BCUT2D eigenvalue weighted by Gasteiger charge is 2.09. The summed E-state index contributed by atoms with van der Waals surface area (Å²) in [4.78, 5) is 21.2. The van der Waals surface area contributed by atoms with Gasteiger partial charge in [-0.05, 0) is 61.5 Å². The van der Waals surface area contributed by atoms with Gasteiger partial charge in [0.15, 0.2) is 5.16 Å². The Morgan fingerprint density at radius 3 is 2.18 bits per heavy atom. The summed E-state index contributed by atoms with van der Waals surface area (Å²) in [7, 11) is 3.24. The summed E-state index contributed by atoms with van der Waals surface area (Å²) in [5, 5.41) is 3.42. The number of methoxy groups -OCH3 is 2. The molecule has 0 spiro atoms. The van der Waals surface area contributed by atoms with Crippen LogP contribution in [0, 0.1) is 6.92 Å². The molecule has 0 saturated carbocycles. The molecule has 1 aromatic heterocycles. The number of benzene rings is 2. The number of aromatic nitrogens is 2. The van der Waals surface area contributed by atoms with Gasteiger partial charge >= 0.3 is 0 Å². The van der Waals surface area contributed by atoms with Gasteiger partial charge in [-0.1, -0.05) is 11.8 Å². The Labute approximate surface area is 168 Å². The van der Waals surface area contributed by atoms with E-state index in [4.69, 9.17) is 9.47 Å². The van der Waals surface area contributed by atoms with E-state index in [1.54, 1.807) is 38.5 Å². The highest BCUT2D eigenvalue weighted by atomic mass is 32.2. The van der Waals surface area contributed by atoms with Crippen molar-refractivity contribution in [3.05, 3.63) is 60.3 Å². The molecule has 28 heavy (non-hydrogen) atoms. The van der Waals surface area contributed by atoms with Crippen LogP contribution in [0.3, 0.4) is 0 Å². The van der Waals surface area contributed by atoms with Crippen molar-refractivity contribution in [2.75, 3.05) is 25.3 Å². The number of ether oxygens (including phenoxy) is 2. The molecular formula is C21H21N3O3S. The van der Waals surface area contributed by atoms with Crippen LogP contribution in [-0.2, 0) is 4.79 Å². The fourth-order valence-electron chi connectivity index (χ4n) is 2.52. The summed E-state index contributed by atoms with van der Waals surface area (Å²) in [5.74, 6) is 1.63. The first kappa shape index (κ1) is 19.7. The van der Waals surface area contributed by atoms with Crippen LogP contribution in [-0.4, -0.2) is 35.8 Å². The van der Waals surface area contributed by atoms with E-state index in [2.05, 4.69) is 15.3 Å². The summed E-state index contributed by atoms with van der Waals surface area (Å²) in [6.45, 7) is 1.91. The van der Waals surface area contributed by atoms with Gasteiger partial charge in [0, 0.05) is 16.9 Å². The van der Waals surface area contributed by atoms with Crippen LogP contribution in [0.1, 0.15) is 5.69 Å². The maximum atomic E-state index is 12.2. The molecule has 3 rings (SSSR count). The van der Waals surface area contributed by atoms with Crippen molar-refractivity contribution in [2.45, 2.75) is 12.1 Å². The largest absolute Gasteiger partial charge is 0.497 e. The van der Waals surface area contributed by atoms with Gasteiger partial charge in [0.1, 0.15) is 11.5 Å². The van der Waals surface area contributed by atoms with Crippen LogP contribution >= 0.6 is 11.8 Å². The summed E-state index contributed by atoms with van der Waals surface area (Å²) in [5.41, 5.74) is 3.35. The third-order valence-electron chi connectivity index (χ3n) is 3.93. The minimum Gasteiger partial charge on any atom is -0.497 e. The topological polar surface area (TPSA) is 73.3 Å². The standard InChI is InChI=1S/C21H21N3O3S/c1-14-12-19(15-4-8-17(26-2)9-5-15)24-21(22-14)28-13-20(25)23-16-6-10-18(27-3)11-7-16/h4-12H,13H2,1-3H3,(H,23,25). The van der Waals surface area contributed by atoms with Gasteiger partial charge in [0.2, 0.25) is 5.91 Å². The van der Waals surface area contributed by atoms with Crippen molar-refractivity contribution >= 4 is 23.4 Å². The molecule has 0 aliphatic carbocycles. The molecule has 0 aliphatic rings. The quantitative estimate of drug-likeness (QED) is 0.477. The lowest BCUT2D eigenvalue weighted by Gasteiger charge is -2.08. The number of thioether (sulfide) groups is 1. The minimum absolute atomic E-state index is 0.119. The molecule has 3 aromatic rings. The maximum absolute atomic E-state index is 12.2. The molecule has 2 aromatic carbocycles. The van der Waals surface area contributed by atoms with E-state index in [-0.39, 0.29) is 11.7 Å². The smallest absolute Gasteiger partial charge is 0.234 e. The van der Waals surface area contributed by atoms with Crippen molar-refractivity contribution in [3.8, 4) is 22.8 Å². The lowest BCUT2D eigenvalue weighted by molar-refractivity contribution is -0.113. The van der Waals surface area contributed by atoms with Gasteiger partial charge in [0.25, 0.3) is 0 Å². The Kier molecular flexibility index (Phi) is 6.49. The lowest BCUT2D eigenvalue weighted by atomic mass is 10.1. The van der Waals surface area contributed by atoms with E-state index in [1.165, 1.54) is 11.8 Å². The predicted octanol–water partition coefficient (Wildman–Crippen LogP) is 4.20. The van der Waals surface area contributed by atoms with Gasteiger partial charge in [-0.25, -0.2) is 9.97 Å². The number of nitrogens with one attached hydrogen (secondary N) is 1. The summed E-state index contributed by atoms with van der Waals surface area (Å²) < 4.78 is 10.3. The van der Waals surface area contributed by atoms with E-state index in [9.17, 15) is 4.79 Å². The van der Waals surface area contributed by atoms with Crippen LogP contribution in [0.15, 0.2) is 59.8 Å². The SMILES string of the molecule is COc1ccc(NC(=O)CSc2nc(C)cc(-c3ccc(OC)cc3)n2)cc1. The van der Waals surface area contributed by atoms with E-state index in [0.717, 1.165) is 34.1 Å². The van der Waals surface area contributed by atoms with Crippen LogP contribution < -0.4 is 14.8 Å². The first-order chi connectivity index (χ1) is 13.6. The number of rotatable bonds is 7. The molecule has 0 saturated heterocycles. The summed E-state index contributed by atoms with van der Waals surface area (Å²) in [6, 6.07) is 16.8. The fourth-order valence-corrected chi connectivity index (χ4v) is 3.22. The number of amides is 1. The fraction of sp³-hybridized carbons (Fsp3) is 0.190. The van der Waals surface area contributed by atoms with Gasteiger partial charge in [0.05, 0.1) is 25.7 Å². The zero-order valence-electron chi connectivity index (χ0n) is 15.9. The lowest BCUT2D eigenvalue weighted by Crippen LogP contribution is -2.14. The van der Waals surface area contributed by atoms with Gasteiger partial charge in [-0.2, -0.15) is 0 Å². The second-order valence-corrected chi connectivity index (χ2v) is 6.91. The molecule has 0 radical (unpaired) electrons. The number of hydrogen-bond acceptors (Lipinski definition) is 6. The third-order valence-corrected chi connectivity index (χ3v) is 4.77. The number of nitrogens with zero attached hydrogens (tertiary/aromatic N) is 2. The first-order valence-electron chi connectivity index (χ1n) is 8.64. The molecule has 1 heterocycles. The maximum Gasteiger partial charge on any atom is 0.234 e. The van der Waals surface area contributed by atoms with Crippen molar-refractivity contribution < 1.29 is 14.3 Å². The molecule has 144 valence electrons. The Morgan fingerprint density at radius 1 is 0.964 bits per heavy atom. The molecule has 1 N–H and O–H groups in total. The van der Waals surface area contributed by atoms with E-state index >= 15 is 0 Å². The second kappa shape index (κ2) is 9.23. The average molecular weight is 395 g/mol. The molecular weight excluding hydrogens is 374 g/mol. The Morgan fingerprint density at radius 2 is 1.57 bits per heavy atom. The molecule has 0 unspecified atom stereocenters. The molecule has 0 bridgehead atoms. The van der Waals surface area contributed by atoms with E-state index < -0.39 is 0 Å². The Bertz CT molecular complexity index is 944. The Balaban J connectivity index is 1.64. The van der Waals surface area contributed by atoms with E-state index in [0.29, 0.717) is 5.16 Å². The average Bonchev–Trinajstić information content (AvgIpc) is 2.72. The third kappa shape index (κ3) is 5.23. The van der Waals surface area contributed by atoms with Crippen molar-refractivity contribution in [1.82, 2.24) is 9.97 Å². The molecule has 7 heteroatoms. The minimum atomic E-state index is -0.119. The zero-order chi connectivity index (χ0) is 19.9. The molecule has 1 amide bonds. The highest BCUT2D eigenvalue weighted by Crippen LogP contribution is 2.24. The first-order valence-corrected chi connectivity index (χ1v) is 9.63. The monoisotopic (exact) mass is 395 g/mol. The van der Waals surface area contributed by atoms with Gasteiger partial charge in [-0.15, -0.1) is 0 Å². The predicted molar refractivity (Wildman–Crippen MR) is 111 cm³/mol. The number of carbonyl (C=O) groups excluding carboxylic acids is 1. The summed E-state index contributed by atoms with van der Waals surface area (Å²) in [6.07, 6.45) is 0. The van der Waals surface area contributed by atoms with Gasteiger partial charge < -0.3 is 14.8 Å². The molecule has 0 fully saturated rings. The van der Waals surface area contributed by atoms with Crippen LogP contribution in [0.25, 0.3) is 11.3 Å². The van der Waals surface area contributed by atoms with Crippen molar-refractivity contribution in [3.63, 3.8) is 0 Å². The highest BCUT2D eigenvalue weighted by molar-refractivity contribution is 7.99. The molecule has 0 atom stereocenters. The van der Waals surface area contributed by atoms with Crippen LogP contribution in [0.2, 0.25) is 0 Å². The van der Waals surface area contributed by atoms with Crippen LogP contribution in [0.5, 0.6) is 11.5 Å². The summed E-state index contributed by atoms with van der Waals surface area (Å²) >= 11 is 1.30. The van der Waals surface area contributed by atoms with E-state index in [1.807, 2.05) is 37.3 Å². The normalized spacial score (nSPS) is 10.4. The number of hydrogen-bond donors (Lipinski definition) is 1. The number of aryl methyl sites for hydroxylation is 1. The molecule has 6 nitrogen and oxygen atoms in total.